The van der Waals surface area contributed by atoms with Crippen molar-refractivity contribution >= 4 is 57.5 Å². The van der Waals surface area contributed by atoms with Crippen molar-refractivity contribution in [3.05, 3.63) is 49.3 Å². The summed E-state index contributed by atoms with van der Waals surface area (Å²) in [6.45, 7) is 8.30. The topological polar surface area (TPSA) is 116 Å². The number of pyridine rings is 1. The Morgan fingerprint density at radius 3 is 2.55 bits per heavy atom. The van der Waals surface area contributed by atoms with Gasteiger partial charge in [0.25, 0.3) is 0 Å². The van der Waals surface area contributed by atoms with Crippen molar-refractivity contribution in [1.82, 2.24) is 9.88 Å². The van der Waals surface area contributed by atoms with Crippen molar-refractivity contribution in [2.45, 2.75) is 84.4 Å². The van der Waals surface area contributed by atoms with Gasteiger partial charge in [0.2, 0.25) is 11.3 Å². The molecule has 9 nitrogen and oxygen atoms in total. The summed E-state index contributed by atoms with van der Waals surface area (Å²) in [5.41, 5.74) is -0.784. The number of nitrogens with one attached hydrogen (secondary N) is 2. The molecule has 1 unspecified atom stereocenters. The van der Waals surface area contributed by atoms with Gasteiger partial charge < -0.3 is 24.7 Å². The number of alkyl carbamates (subject to hydrolysis) is 1. The summed E-state index contributed by atoms with van der Waals surface area (Å²) < 4.78 is 28.9. The highest BCUT2D eigenvalue weighted by atomic mass is 35.5. The third-order valence-corrected chi connectivity index (χ3v) is 8.81. The third-order valence-electron chi connectivity index (χ3n) is 7.12. The normalized spacial score (nSPS) is 16.6. The number of aryl methyl sites for hydroxylation is 1. The van der Waals surface area contributed by atoms with Crippen molar-refractivity contribution in [3.63, 3.8) is 0 Å². The average Bonchev–Trinajstić information content (AvgIpc) is 3.64. The molecule has 0 spiro atoms. The zero-order valence-corrected chi connectivity index (χ0v) is 25.7. The Kier molecular flexibility index (Phi) is 8.10. The molecular weight excluding hydrogens is 585 g/mol. The van der Waals surface area contributed by atoms with Crippen LogP contribution in [0.1, 0.15) is 93.2 Å². The molecule has 2 amide bonds. The molecule has 2 aromatic heterocycles. The van der Waals surface area contributed by atoms with Gasteiger partial charge >= 0.3 is 12.1 Å². The standard InChI is InChI=1S/C30H33ClFN3O6S/c1-6-40-28(38)17-13-35(16-10-11-16)25-21(26(17)37)24(33-14(2)36)22(31)20(23(25)32)19-12-15-8-7-9-18(27(15)42-19)34-29(39)41-30(3,4)5/h12-13,16,18H,6-11H2,1-5H3,(H,33,36)(H,34,39). The van der Waals surface area contributed by atoms with Gasteiger partial charge in [0.1, 0.15) is 11.2 Å². The van der Waals surface area contributed by atoms with E-state index < -0.39 is 34.8 Å². The van der Waals surface area contributed by atoms with Gasteiger partial charge in [-0.15, -0.1) is 11.3 Å². The molecule has 2 aliphatic carbocycles. The van der Waals surface area contributed by atoms with Crippen molar-refractivity contribution in [2.24, 2.45) is 0 Å². The van der Waals surface area contributed by atoms with Crippen LogP contribution in [0.2, 0.25) is 5.02 Å². The number of rotatable bonds is 6. The van der Waals surface area contributed by atoms with E-state index in [1.165, 1.54) is 24.5 Å². The van der Waals surface area contributed by atoms with Gasteiger partial charge in [-0.05, 0) is 71.4 Å². The first-order chi connectivity index (χ1) is 19.8. The number of halogens is 2. The fourth-order valence-electron chi connectivity index (χ4n) is 5.31. The van der Waals surface area contributed by atoms with Crippen LogP contribution in [0.25, 0.3) is 21.3 Å². The minimum Gasteiger partial charge on any atom is -0.462 e. The summed E-state index contributed by atoms with van der Waals surface area (Å²) in [4.78, 5) is 52.6. The molecule has 2 aliphatic rings. The number of anilines is 1. The molecule has 0 saturated heterocycles. The number of ether oxygens (including phenoxy) is 2. The van der Waals surface area contributed by atoms with Crippen molar-refractivity contribution < 1.29 is 28.2 Å². The Balaban J connectivity index is 1.71. The number of esters is 1. The largest absolute Gasteiger partial charge is 0.462 e. The summed E-state index contributed by atoms with van der Waals surface area (Å²) in [7, 11) is 0. The fraction of sp³-hybridized carbons (Fsp3) is 0.467. The van der Waals surface area contributed by atoms with Crippen LogP contribution < -0.4 is 16.1 Å². The minimum absolute atomic E-state index is 0.0338. The predicted molar refractivity (Wildman–Crippen MR) is 160 cm³/mol. The van der Waals surface area contributed by atoms with Gasteiger partial charge in [-0.25, -0.2) is 14.0 Å². The van der Waals surface area contributed by atoms with Crippen LogP contribution in [0, 0.1) is 5.82 Å². The van der Waals surface area contributed by atoms with Gasteiger partial charge in [0.05, 0.1) is 39.8 Å². The average molecular weight is 618 g/mol. The van der Waals surface area contributed by atoms with Gasteiger partial charge in [0.15, 0.2) is 5.82 Å². The van der Waals surface area contributed by atoms with Crippen molar-refractivity contribution in [1.29, 1.82) is 0 Å². The van der Waals surface area contributed by atoms with Crippen LogP contribution in [0.15, 0.2) is 17.1 Å². The molecule has 224 valence electrons. The summed E-state index contributed by atoms with van der Waals surface area (Å²) in [6, 6.07) is 1.40. The Morgan fingerprint density at radius 2 is 1.93 bits per heavy atom. The first-order valence-corrected chi connectivity index (χ1v) is 15.2. The van der Waals surface area contributed by atoms with Crippen LogP contribution in [0.5, 0.6) is 0 Å². The Morgan fingerprint density at radius 1 is 1.21 bits per heavy atom. The lowest BCUT2D eigenvalue weighted by Gasteiger charge is -2.26. The first kappa shape index (κ1) is 30.0. The minimum atomic E-state index is -0.831. The Bertz CT molecular complexity index is 1670. The van der Waals surface area contributed by atoms with Gasteiger partial charge in [-0.3, -0.25) is 9.59 Å². The number of carbonyl (C=O) groups is 3. The SMILES string of the molecule is CCOC(=O)c1cn(C2CC2)c2c(F)c(-c3cc4c(s3)C(NC(=O)OC(C)(C)C)CCC4)c(Cl)c(NC(C)=O)c2c1=O. The highest BCUT2D eigenvalue weighted by molar-refractivity contribution is 7.15. The molecule has 0 radical (unpaired) electrons. The monoisotopic (exact) mass is 617 g/mol. The number of nitrogens with zero attached hydrogens (tertiary/aromatic N) is 1. The lowest BCUT2D eigenvalue weighted by Crippen LogP contribution is -2.35. The molecule has 42 heavy (non-hydrogen) atoms. The maximum atomic E-state index is 16.7. The number of aromatic nitrogens is 1. The molecule has 12 heteroatoms. The number of hydrogen-bond donors (Lipinski definition) is 2. The smallest absolute Gasteiger partial charge is 0.408 e. The number of thiophene rings is 1. The molecule has 2 N–H and O–H groups in total. The second-order valence-electron chi connectivity index (χ2n) is 11.6. The van der Waals surface area contributed by atoms with E-state index in [1.54, 1.807) is 32.3 Å². The zero-order valence-electron chi connectivity index (χ0n) is 24.1. The van der Waals surface area contributed by atoms with Gasteiger partial charge in [0, 0.05) is 28.9 Å². The van der Waals surface area contributed by atoms with Crippen molar-refractivity contribution in [3.8, 4) is 10.4 Å². The molecule has 2 heterocycles. The first-order valence-electron chi connectivity index (χ1n) is 14.0. The van der Waals surface area contributed by atoms with E-state index in [0.29, 0.717) is 11.3 Å². The van der Waals surface area contributed by atoms with Crippen LogP contribution >= 0.6 is 22.9 Å². The van der Waals surface area contributed by atoms with E-state index in [1.807, 2.05) is 6.07 Å². The lowest BCUT2D eigenvalue weighted by atomic mass is 9.94. The van der Waals surface area contributed by atoms with E-state index in [2.05, 4.69) is 10.6 Å². The van der Waals surface area contributed by atoms with E-state index in [4.69, 9.17) is 21.1 Å². The summed E-state index contributed by atoms with van der Waals surface area (Å²) >= 11 is 8.14. The molecule has 1 atom stereocenters. The van der Waals surface area contributed by atoms with E-state index in [-0.39, 0.29) is 51.4 Å². The Hall–Kier alpha value is -3.44. The summed E-state index contributed by atoms with van der Waals surface area (Å²) in [5.74, 6) is -2.07. The molecule has 1 aromatic carbocycles. The highest BCUT2D eigenvalue weighted by Gasteiger charge is 2.34. The van der Waals surface area contributed by atoms with E-state index in [0.717, 1.165) is 36.1 Å². The lowest BCUT2D eigenvalue weighted by molar-refractivity contribution is -0.114. The molecule has 0 bridgehead atoms. The van der Waals surface area contributed by atoms with Crippen LogP contribution in [-0.4, -0.2) is 34.7 Å². The van der Waals surface area contributed by atoms with E-state index in [9.17, 15) is 19.2 Å². The van der Waals surface area contributed by atoms with E-state index >= 15 is 4.39 Å². The maximum absolute atomic E-state index is 16.7. The number of carbonyl (C=O) groups excluding carboxylic acids is 3. The molecule has 1 saturated carbocycles. The summed E-state index contributed by atoms with van der Waals surface area (Å²) in [6.07, 6.45) is 4.51. The highest BCUT2D eigenvalue weighted by Crippen LogP contribution is 2.48. The molecule has 0 aliphatic heterocycles. The molecular formula is C30H33ClFN3O6S. The number of benzene rings is 1. The van der Waals surface area contributed by atoms with Crippen LogP contribution in [0.4, 0.5) is 14.9 Å². The predicted octanol–water partition coefficient (Wildman–Crippen LogP) is 6.89. The summed E-state index contributed by atoms with van der Waals surface area (Å²) in [5, 5.41) is 5.23. The molecule has 1 fully saturated rings. The second kappa shape index (κ2) is 11.3. The fourth-order valence-corrected chi connectivity index (χ4v) is 7.04. The molecule has 3 aromatic rings. The maximum Gasteiger partial charge on any atom is 0.408 e. The quantitative estimate of drug-likeness (QED) is 0.291. The Labute approximate surface area is 251 Å². The second-order valence-corrected chi connectivity index (χ2v) is 13.1. The number of fused-ring (bicyclic) bond motifs is 2. The zero-order chi connectivity index (χ0) is 30.5. The molecule has 5 rings (SSSR count). The van der Waals surface area contributed by atoms with Crippen LogP contribution in [-0.2, 0) is 20.7 Å². The number of hydrogen-bond acceptors (Lipinski definition) is 7. The van der Waals surface area contributed by atoms with Crippen LogP contribution in [0.3, 0.4) is 0 Å². The van der Waals surface area contributed by atoms with Crippen molar-refractivity contribution in [2.75, 3.05) is 11.9 Å². The van der Waals surface area contributed by atoms with Gasteiger partial charge in [-0.1, -0.05) is 11.6 Å². The number of amides is 2. The third kappa shape index (κ3) is 5.76. The van der Waals surface area contributed by atoms with Gasteiger partial charge in [-0.2, -0.15) is 0 Å².